The SMILES string of the molecule is CN(C)c1nc(N)nc(CN2CCO[C@H](c3ccccc3Cl)C2)n1. The first-order valence-electron chi connectivity index (χ1n) is 7.79. The van der Waals surface area contributed by atoms with Crippen LogP contribution in [0.4, 0.5) is 11.9 Å². The summed E-state index contributed by atoms with van der Waals surface area (Å²) in [5.74, 6) is 1.46. The van der Waals surface area contributed by atoms with E-state index >= 15 is 0 Å². The maximum absolute atomic E-state index is 6.29. The molecule has 1 atom stereocenters. The Bertz CT molecular complexity index is 711. The van der Waals surface area contributed by atoms with Gasteiger partial charge in [0.05, 0.1) is 19.3 Å². The van der Waals surface area contributed by atoms with Crippen molar-refractivity contribution >= 4 is 23.5 Å². The molecule has 1 aromatic carbocycles. The molecule has 0 amide bonds. The third-order valence-corrected chi connectivity index (χ3v) is 4.20. The quantitative estimate of drug-likeness (QED) is 0.901. The summed E-state index contributed by atoms with van der Waals surface area (Å²) in [5, 5.41) is 0.726. The standard InChI is InChI=1S/C16H21ClN6O/c1-22(2)16-20-14(19-15(18)21-16)10-23-7-8-24-13(9-23)11-5-3-4-6-12(11)17/h3-6,13H,7-10H2,1-2H3,(H2,18,19,20,21)/t13-/m0/s1. The van der Waals surface area contributed by atoms with Crippen molar-refractivity contribution in [3.8, 4) is 0 Å². The van der Waals surface area contributed by atoms with E-state index in [9.17, 15) is 0 Å². The Balaban J connectivity index is 1.73. The van der Waals surface area contributed by atoms with Crippen molar-refractivity contribution in [3.63, 3.8) is 0 Å². The molecule has 8 heteroatoms. The molecule has 0 spiro atoms. The van der Waals surface area contributed by atoms with E-state index in [-0.39, 0.29) is 12.1 Å². The molecule has 2 N–H and O–H groups in total. The first kappa shape index (κ1) is 16.9. The van der Waals surface area contributed by atoms with Gasteiger partial charge in [-0.15, -0.1) is 0 Å². The van der Waals surface area contributed by atoms with Gasteiger partial charge in [-0.3, -0.25) is 4.90 Å². The number of hydrogen-bond acceptors (Lipinski definition) is 7. The van der Waals surface area contributed by atoms with Crippen LogP contribution >= 0.6 is 11.6 Å². The lowest BCUT2D eigenvalue weighted by Crippen LogP contribution is -2.38. The summed E-state index contributed by atoms with van der Waals surface area (Å²) in [6.45, 7) is 2.77. The predicted octanol–water partition coefficient (Wildman–Crippen LogP) is 1.75. The molecule has 0 aliphatic carbocycles. The molecule has 1 aromatic heterocycles. The minimum Gasteiger partial charge on any atom is -0.371 e. The highest BCUT2D eigenvalue weighted by Crippen LogP contribution is 2.28. The van der Waals surface area contributed by atoms with Gasteiger partial charge in [0, 0.05) is 37.8 Å². The Morgan fingerprint density at radius 1 is 1.29 bits per heavy atom. The molecule has 128 valence electrons. The van der Waals surface area contributed by atoms with Gasteiger partial charge in [-0.1, -0.05) is 29.8 Å². The molecule has 1 saturated heterocycles. The van der Waals surface area contributed by atoms with E-state index in [2.05, 4.69) is 19.9 Å². The van der Waals surface area contributed by atoms with Crippen molar-refractivity contribution < 1.29 is 4.74 Å². The van der Waals surface area contributed by atoms with Crippen LogP contribution in [0, 0.1) is 0 Å². The molecule has 0 radical (unpaired) electrons. The molecule has 0 saturated carbocycles. The van der Waals surface area contributed by atoms with Crippen molar-refractivity contribution in [2.24, 2.45) is 0 Å². The minimum atomic E-state index is -0.0556. The molecule has 1 fully saturated rings. The number of benzene rings is 1. The largest absolute Gasteiger partial charge is 0.371 e. The summed E-state index contributed by atoms with van der Waals surface area (Å²) in [6, 6.07) is 7.78. The number of hydrogen-bond donors (Lipinski definition) is 1. The number of aromatic nitrogens is 3. The zero-order valence-electron chi connectivity index (χ0n) is 13.8. The first-order chi connectivity index (χ1) is 11.5. The maximum atomic E-state index is 6.29. The molecule has 2 aromatic rings. The monoisotopic (exact) mass is 348 g/mol. The highest BCUT2D eigenvalue weighted by molar-refractivity contribution is 6.31. The average molecular weight is 349 g/mol. The van der Waals surface area contributed by atoms with Crippen LogP contribution in [0.2, 0.25) is 5.02 Å². The molecule has 7 nitrogen and oxygen atoms in total. The van der Waals surface area contributed by atoms with Gasteiger partial charge in [0.15, 0.2) is 0 Å². The molecule has 3 rings (SSSR count). The van der Waals surface area contributed by atoms with Crippen molar-refractivity contribution in [1.82, 2.24) is 19.9 Å². The molecule has 24 heavy (non-hydrogen) atoms. The van der Waals surface area contributed by atoms with E-state index in [0.29, 0.717) is 24.9 Å². The van der Waals surface area contributed by atoms with E-state index in [1.807, 2.05) is 43.3 Å². The van der Waals surface area contributed by atoms with E-state index in [1.54, 1.807) is 0 Å². The van der Waals surface area contributed by atoms with E-state index in [1.165, 1.54) is 0 Å². The van der Waals surface area contributed by atoms with Crippen LogP contribution in [0.25, 0.3) is 0 Å². The fourth-order valence-corrected chi connectivity index (χ4v) is 2.92. The lowest BCUT2D eigenvalue weighted by Gasteiger charge is -2.33. The Morgan fingerprint density at radius 2 is 2.08 bits per heavy atom. The van der Waals surface area contributed by atoms with Gasteiger partial charge in [-0.25, -0.2) is 0 Å². The number of nitrogen functional groups attached to an aromatic ring is 1. The number of anilines is 2. The molecular weight excluding hydrogens is 328 g/mol. The lowest BCUT2D eigenvalue weighted by atomic mass is 10.1. The molecule has 1 aliphatic heterocycles. The second-order valence-corrected chi connectivity index (χ2v) is 6.33. The summed E-state index contributed by atoms with van der Waals surface area (Å²) in [7, 11) is 3.75. The Hall–Kier alpha value is -1.96. The predicted molar refractivity (Wildman–Crippen MR) is 94.0 cm³/mol. The lowest BCUT2D eigenvalue weighted by molar-refractivity contribution is -0.0336. The summed E-state index contributed by atoms with van der Waals surface area (Å²) in [5.41, 5.74) is 6.80. The van der Waals surface area contributed by atoms with Gasteiger partial charge in [-0.2, -0.15) is 15.0 Å². The zero-order valence-corrected chi connectivity index (χ0v) is 14.6. The van der Waals surface area contributed by atoms with Crippen LogP contribution in [0.5, 0.6) is 0 Å². The molecule has 2 heterocycles. The number of nitrogens with zero attached hydrogens (tertiary/aromatic N) is 5. The molecular formula is C16H21ClN6O. The average Bonchev–Trinajstić information content (AvgIpc) is 2.55. The van der Waals surface area contributed by atoms with Crippen LogP contribution in [0.3, 0.4) is 0 Å². The summed E-state index contributed by atoms with van der Waals surface area (Å²) >= 11 is 6.29. The normalized spacial score (nSPS) is 18.5. The van der Waals surface area contributed by atoms with Crippen molar-refractivity contribution in [1.29, 1.82) is 0 Å². The van der Waals surface area contributed by atoms with Gasteiger partial charge in [0.2, 0.25) is 11.9 Å². The summed E-state index contributed by atoms with van der Waals surface area (Å²) in [6.07, 6.45) is -0.0556. The van der Waals surface area contributed by atoms with Crippen LogP contribution in [0.15, 0.2) is 24.3 Å². The molecule has 0 bridgehead atoms. The van der Waals surface area contributed by atoms with Crippen LogP contribution in [-0.4, -0.2) is 53.6 Å². The Kier molecular flexibility index (Phi) is 5.13. The maximum Gasteiger partial charge on any atom is 0.229 e. The van der Waals surface area contributed by atoms with Gasteiger partial charge >= 0.3 is 0 Å². The Labute approximate surface area is 146 Å². The summed E-state index contributed by atoms with van der Waals surface area (Å²) in [4.78, 5) is 16.9. The van der Waals surface area contributed by atoms with E-state index in [4.69, 9.17) is 22.1 Å². The highest BCUT2D eigenvalue weighted by atomic mass is 35.5. The van der Waals surface area contributed by atoms with Crippen molar-refractivity contribution in [2.75, 3.05) is 44.4 Å². The van der Waals surface area contributed by atoms with Crippen LogP contribution in [-0.2, 0) is 11.3 Å². The first-order valence-corrected chi connectivity index (χ1v) is 8.17. The van der Waals surface area contributed by atoms with Gasteiger partial charge in [-0.05, 0) is 6.07 Å². The van der Waals surface area contributed by atoms with Gasteiger partial charge in [0.1, 0.15) is 5.82 Å². The van der Waals surface area contributed by atoms with Gasteiger partial charge < -0.3 is 15.4 Å². The number of morpholine rings is 1. The smallest absolute Gasteiger partial charge is 0.229 e. The van der Waals surface area contributed by atoms with E-state index in [0.717, 1.165) is 23.7 Å². The van der Waals surface area contributed by atoms with Crippen LogP contribution in [0.1, 0.15) is 17.5 Å². The minimum absolute atomic E-state index is 0.0556. The second-order valence-electron chi connectivity index (χ2n) is 5.92. The van der Waals surface area contributed by atoms with Crippen molar-refractivity contribution in [3.05, 3.63) is 40.7 Å². The van der Waals surface area contributed by atoms with Crippen molar-refractivity contribution in [2.45, 2.75) is 12.6 Å². The second kappa shape index (κ2) is 7.29. The zero-order chi connectivity index (χ0) is 17.1. The summed E-state index contributed by atoms with van der Waals surface area (Å²) < 4.78 is 5.89. The number of rotatable bonds is 4. The Morgan fingerprint density at radius 3 is 2.83 bits per heavy atom. The highest BCUT2D eigenvalue weighted by Gasteiger charge is 2.24. The number of ether oxygens (including phenoxy) is 1. The third-order valence-electron chi connectivity index (χ3n) is 3.85. The fraction of sp³-hybridized carbons (Fsp3) is 0.438. The van der Waals surface area contributed by atoms with Crippen LogP contribution < -0.4 is 10.6 Å². The topological polar surface area (TPSA) is 80.4 Å². The van der Waals surface area contributed by atoms with Gasteiger partial charge in [0.25, 0.3) is 0 Å². The fourth-order valence-electron chi connectivity index (χ4n) is 2.67. The van der Waals surface area contributed by atoms with E-state index < -0.39 is 0 Å². The number of halogens is 1. The number of nitrogens with two attached hydrogens (primary N) is 1. The molecule has 0 unspecified atom stereocenters. The molecule has 1 aliphatic rings. The third kappa shape index (κ3) is 3.92.